The summed E-state index contributed by atoms with van der Waals surface area (Å²) in [5.41, 5.74) is 4.05. The van der Waals surface area contributed by atoms with E-state index in [4.69, 9.17) is 0 Å². The predicted octanol–water partition coefficient (Wildman–Crippen LogP) is 7.58. The molecule has 1 saturated heterocycles. The predicted molar refractivity (Wildman–Crippen MR) is 131 cm³/mol. The van der Waals surface area contributed by atoms with Gasteiger partial charge < -0.3 is 4.90 Å². The number of fused-ring (bicyclic) bond motifs is 1. The van der Waals surface area contributed by atoms with Gasteiger partial charge in [0.15, 0.2) is 0 Å². The summed E-state index contributed by atoms with van der Waals surface area (Å²) in [5.74, 6) is 0.823. The topological polar surface area (TPSA) is 16.1 Å². The molecule has 164 valence electrons. The Morgan fingerprint density at radius 2 is 1.73 bits per heavy atom. The molecule has 2 nitrogen and oxygen atoms in total. The molecule has 2 heteroatoms. The zero-order valence-electron chi connectivity index (χ0n) is 19.2. The maximum Gasteiger partial charge on any atom is 0.0704 e. The minimum atomic E-state index is 0.823. The van der Waals surface area contributed by atoms with Crippen molar-refractivity contribution in [3.63, 3.8) is 0 Å². The number of hydrogen-bond donors (Lipinski definition) is 0. The van der Waals surface area contributed by atoms with E-state index in [0.29, 0.717) is 0 Å². The summed E-state index contributed by atoms with van der Waals surface area (Å²) in [6.07, 6.45) is 17.8. The second-order valence-electron chi connectivity index (χ2n) is 9.51. The third-order valence-electron chi connectivity index (χ3n) is 6.72. The maximum atomic E-state index is 4.51. The zero-order chi connectivity index (χ0) is 21.0. The fraction of sp³-hybridized carbons (Fsp3) is 0.607. The molecule has 2 aromatic rings. The summed E-state index contributed by atoms with van der Waals surface area (Å²) in [4.78, 5) is 7.24. The fourth-order valence-corrected chi connectivity index (χ4v) is 4.97. The van der Waals surface area contributed by atoms with E-state index in [1.165, 1.54) is 107 Å². The van der Waals surface area contributed by atoms with E-state index >= 15 is 0 Å². The van der Waals surface area contributed by atoms with Crippen molar-refractivity contribution in [2.24, 2.45) is 5.92 Å². The summed E-state index contributed by atoms with van der Waals surface area (Å²) in [7, 11) is 0. The average Bonchev–Trinajstić information content (AvgIpc) is 2.75. The van der Waals surface area contributed by atoms with Gasteiger partial charge in [0.25, 0.3) is 0 Å². The molecule has 1 atom stereocenters. The second-order valence-corrected chi connectivity index (χ2v) is 9.51. The molecular weight excluding hydrogens is 364 g/mol. The van der Waals surface area contributed by atoms with Crippen LogP contribution in [0.2, 0.25) is 0 Å². The van der Waals surface area contributed by atoms with Crippen LogP contribution in [0, 0.1) is 5.92 Å². The lowest BCUT2D eigenvalue weighted by atomic mass is 9.93. The van der Waals surface area contributed by atoms with Gasteiger partial charge in [0, 0.05) is 11.6 Å². The van der Waals surface area contributed by atoms with Gasteiger partial charge in [-0.1, -0.05) is 69.4 Å². The Morgan fingerprint density at radius 1 is 0.967 bits per heavy atom. The molecule has 1 fully saturated rings. The molecule has 1 aliphatic rings. The number of nitrogens with zero attached hydrogens (tertiary/aromatic N) is 2. The molecule has 0 unspecified atom stereocenters. The minimum absolute atomic E-state index is 0.823. The lowest BCUT2D eigenvalue weighted by Gasteiger charge is -2.22. The molecule has 0 bridgehead atoms. The van der Waals surface area contributed by atoms with Gasteiger partial charge in [-0.25, -0.2) is 0 Å². The van der Waals surface area contributed by atoms with Crippen molar-refractivity contribution in [3.8, 4) is 0 Å². The molecule has 30 heavy (non-hydrogen) atoms. The van der Waals surface area contributed by atoms with E-state index in [9.17, 15) is 0 Å². The molecule has 0 aliphatic carbocycles. The first-order valence-corrected chi connectivity index (χ1v) is 12.4. The van der Waals surface area contributed by atoms with Gasteiger partial charge >= 0.3 is 0 Å². The highest BCUT2D eigenvalue weighted by atomic mass is 15.1. The van der Waals surface area contributed by atoms with E-state index < -0.39 is 0 Å². The number of benzene rings is 1. The van der Waals surface area contributed by atoms with Crippen molar-refractivity contribution in [1.82, 2.24) is 9.88 Å². The second kappa shape index (κ2) is 12.9. The van der Waals surface area contributed by atoms with Crippen molar-refractivity contribution in [2.75, 3.05) is 19.6 Å². The van der Waals surface area contributed by atoms with Crippen LogP contribution in [0.5, 0.6) is 0 Å². The van der Waals surface area contributed by atoms with E-state index in [1.807, 2.05) is 6.20 Å². The first-order chi connectivity index (χ1) is 14.7. The monoisotopic (exact) mass is 406 g/mol. The van der Waals surface area contributed by atoms with Gasteiger partial charge in [0.05, 0.1) is 5.52 Å². The summed E-state index contributed by atoms with van der Waals surface area (Å²) in [5, 5.41) is 1.32. The quantitative estimate of drug-likeness (QED) is 0.487. The molecule has 1 aromatic heterocycles. The lowest BCUT2D eigenvalue weighted by molar-refractivity contribution is 0.258. The highest BCUT2D eigenvalue weighted by molar-refractivity contribution is 5.81. The van der Waals surface area contributed by atoms with Crippen molar-refractivity contribution in [1.29, 1.82) is 0 Å². The first-order valence-electron chi connectivity index (χ1n) is 12.4. The van der Waals surface area contributed by atoms with E-state index in [1.54, 1.807) is 0 Å². The number of rotatable bonds is 4. The number of pyridine rings is 1. The van der Waals surface area contributed by atoms with Gasteiger partial charge in [-0.3, -0.25) is 4.98 Å². The Morgan fingerprint density at radius 3 is 2.63 bits per heavy atom. The summed E-state index contributed by atoms with van der Waals surface area (Å²) in [6, 6.07) is 10.8. The number of para-hydroxylation sites is 1. The van der Waals surface area contributed by atoms with E-state index in [-0.39, 0.29) is 0 Å². The Kier molecular flexibility index (Phi) is 9.89. The van der Waals surface area contributed by atoms with Gasteiger partial charge in [-0.05, 0) is 88.2 Å². The van der Waals surface area contributed by atoms with Crippen molar-refractivity contribution >= 4 is 10.9 Å². The smallest absolute Gasteiger partial charge is 0.0704 e. The Bertz CT molecular complexity index is 761. The van der Waals surface area contributed by atoms with Gasteiger partial charge in [0.2, 0.25) is 0 Å². The molecule has 0 spiro atoms. The van der Waals surface area contributed by atoms with Crippen molar-refractivity contribution < 1.29 is 0 Å². The highest BCUT2D eigenvalue weighted by Crippen LogP contribution is 2.22. The largest absolute Gasteiger partial charge is 0.303 e. The first kappa shape index (κ1) is 23.0. The number of aromatic nitrogens is 1. The molecule has 3 rings (SSSR count). The highest BCUT2D eigenvalue weighted by Gasteiger charge is 2.09. The maximum absolute atomic E-state index is 4.51. The van der Waals surface area contributed by atoms with Crippen molar-refractivity contribution in [2.45, 2.75) is 84.0 Å². The van der Waals surface area contributed by atoms with Crippen LogP contribution in [-0.4, -0.2) is 29.5 Å². The molecule has 2 heterocycles. The summed E-state index contributed by atoms with van der Waals surface area (Å²) in [6.45, 7) is 10.5. The van der Waals surface area contributed by atoms with Crippen LogP contribution in [0.4, 0.5) is 0 Å². The van der Waals surface area contributed by atoms with E-state index in [2.05, 4.69) is 53.7 Å². The molecule has 0 N–H and O–H groups in total. The third kappa shape index (κ3) is 7.87. The Balaban J connectivity index is 1.49. The van der Waals surface area contributed by atoms with Gasteiger partial charge in [-0.2, -0.15) is 0 Å². The number of aryl methyl sites for hydroxylation is 1. The minimum Gasteiger partial charge on any atom is -0.303 e. The molecule has 0 saturated carbocycles. The Labute approximate surface area is 184 Å². The summed E-state index contributed by atoms with van der Waals surface area (Å²) < 4.78 is 0. The lowest BCUT2D eigenvalue weighted by Crippen LogP contribution is -2.27. The molecule has 0 amide bonds. The van der Waals surface area contributed by atoms with Crippen LogP contribution >= 0.6 is 0 Å². The van der Waals surface area contributed by atoms with Crippen LogP contribution in [0.3, 0.4) is 0 Å². The summed E-state index contributed by atoms with van der Waals surface area (Å²) >= 11 is 0. The SMILES string of the molecule is C=C1CCCCN(CCCc2ccnc3ccccc23)CCCCCCC[C@H](C)C1. The zero-order valence-corrected chi connectivity index (χ0v) is 19.2. The number of hydrogen-bond acceptors (Lipinski definition) is 2. The van der Waals surface area contributed by atoms with Gasteiger partial charge in [-0.15, -0.1) is 0 Å². The Hall–Kier alpha value is -1.67. The molecule has 1 aromatic carbocycles. The van der Waals surface area contributed by atoms with Crippen LogP contribution in [0.25, 0.3) is 10.9 Å². The van der Waals surface area contributed by atoms with Crippen molar-refractivity contribution in [3.05, 3.63) is 54.2 Å². The standard InChI is InChI=1S/C28H42N2/c1-24-13-6-4-3-5-10-20-30(21-11-9-14-25(2)23-24)22-12-15-26-18-19-29-28-17-8-7-16-27(26)28/h7-8,16-19,24H,2-6,9-15,20-23H2,1H3/t24-/m0/s1. The molecular formula is C28H42N2. The van der Waals surface area contributed by atoms with Gasteiger partial charge in [0.1, 0.15) is 0 Å². The van der Waals surface area contributed by atoms with Crippen LogP contribution in [-0.2, 0) is 6.42 Å². The normalized spacial score (nSPS) is 21.2. The van der Waals surface area contributed by atoms with Crippen LogP contribution < -0.4 is 0 Å². The molecule has 0 radical (unpaired) electrons. The fourth-order valence-electron chi connectivity index (χ4n) is 4.97. The van der Waals surface area contributed by atoms with E-state index in [0.717, 1.165) is 17.9 Å². The van der Waals surface area contributed by atoms with Crippen LogP contribution in [0.15, 0.2) is 48.7 Å². The number of allylic oxidation sites excluding steroid dienone is 1. The average molecular weight is 407 g/mol. The molecule has 1 aliphatic heterocycles. The van der Waals surface area contributed by atoms with Crippen LogP contribution in [0.1, 0.15) is 83.1 Å². The third-order valence-corrected chi connectivity index (χ3v) is 6.72.